The zero-order chi connectivity index (χ0) is 14.2. The van der Waals surface area contributed by atoms with Gasteiger partial charge in [-0.1, -0.05) is 58.1 Å². The van der Waals surface area contributed by atoms with Gasteiger partial charge in [0.05, 0.1) is 6.61 Å². The summed E-state index contributed by atoms with van der Waals surface area (Å²) >= 11 is 0. The molecule has 0 radical (unpaired) electrons. The number of hydrogen-bond donors (Lipinski definition) is 1. The van der Waals surface area contributed by atoms with Crippen LogP contribution in [0.3, 0.4) is 0 Å². The molecule has 1 heterocycles. The molecule has 0 bridgehead atoms. The molecule has 0 saturated heterocycles. The smallest absolute Gasteiger partial charge is 0.122 e. The first kappa shape index (κ1) is 15.4. The lowest BCUT2D eigenvalue weighted by Crippen LogP contribution is -2.21. The maximum atomic E-state index is 5.60. The van der Waals surface area contributed by atoms with Crippen LogP contribution in [0.2, 0.25) is 0 Å². The average molecular weight is 275 g/mol. The van der Waals surface area contributed by atoms with Crippen LogP contribution in [0.15, 0.2) is 18.2 Å². The Bertz CT molecular complexity index is 402. The molecule has 2 rings (SSSR count). The van der Waals surface area contributed by atoms with Crippen molar-refractivity contribution < 1.29 is 4.74 Å². The summed E-state index contributed by atoms with van der Waals surface area (Å²) in [6, 6.07) is 7.25. The highest BCUT2D eigenvalue weighted by atomic mass is 16.5. The molecule has 1 N–H and O–H groups in total. The van der Waals surface area contributed by atoms with Gasteiger partial charge in [0.15, 0.2) is 0 Å². The van der Waals surface area contributed by atoms with Gasteiger partial charge in [0.1, 0.15) is 5.75 Å². The van der Waals surface area contributed by atoms with Gasteiger partial charge in [0, 0.05) is 12.5 Å². The van der Waals surface area contributed by atoms with E-state index < -0.39 is 0 Å². The van der Waals surface area contributed by atoms with Gasteiger partial charge in [-0.25, -0.2) is 0 Å². The molecule has 20 heavy (non-hydrogen) atoms. The van der Waals surface area contributed by atoms with Gasteiger partial charge >= 0.3 is 0 Å². The number of hydrogen-bond acceptors (Lipinski definition) is 2. The third-order valence-electron chi connectivity index (χ3n) is 4.16. The third-order valence-corrected chi connectivity index (χ3v) is 4.16. The van der Waals surface area contributed by atoms with E-state index in [9.17, 15) is 0 Å². The van der Waals surface area contributed by atoms with E-state index in [0.29, 0.717) is 6.04 Å². The summed E-state index contributed by atoms with van der Waals surface area (Å²) in [5.41, 5.74) is 2.82. The van der Waals surface area contributed by atoms with E-state index in [2.05, 4.69) is 37.4 Å². The molecule has 1 atom stereocenters. The zero-order valence-corrected chi connectivity index (χ0v) is 13.1. The Labute approximate surface area is 123 Å². The van der Waals surface area contributed by atoms with Crippen LogP contribution in [0.4, 0.5) is 0 Å². The van der Waals surface area contributed by atoms with Crippen molar-refractivity contribution in [1.29, 1.82) is 0 Å². The molecule has 0 aliphatic carbocycles. The molecular formula is C18H29NO. The van der Waals surface area contributed by atoms with Crippen LogP contribution in [0.5, 0.6) is 5.75 Å². The van der Waals surface area contributed by atoms with Gasteiger partial charge in [-0.2, -0.15) is 0 Å². The fourth-order valence-electron chi connectivity index (χ4n) is 3.01. The maximum absolute atomic E-state index is 5.60. The minimum atomic E-state index is 0.507. The van der Waals surface area contributed by atoms with Crippen molar-refractivity contribution in [1.82, 2.24) is 5.32 Å². The number of nitrogens with one attached hydrogen (secondary N) is 1. The van der Waals surface area contributed by atoms with Gasteiger partial charge in [0.2, 0.25) is 0 Å². The van der Waals surface area contributed by atoms with Gasteiger partial charge in [-0.3, -0.25) is 0 Å². The second-order valence-corrected chi connectivity index (χ2v) is 5.78. The molecule has 1 aromatic rings. The largest absolute Gasteiger partial charge is 0.493 e. The minimum Gasteiger partial charge on any atom is -0.493 e. The summed E-state index contributed by atoms with van der Waals surface area (Å²) in [5.74, 6) is 1.09. The Balaban J connectivity index is 1.90. The van der Waals surface area contributed by atoms with Crippen LogP contribution in [0.1, 0.15) is 69.5 Å². The Morgan fingerprint density at radius 3 is 2.80 bits per heavy atom. The lowest BCUT2D eigenvalue weighted by molar-refractivity contribution is 0.356. The van der Waals surface area contributed by atoms with Crippen molar-refractivity contribution in [3.63, 3.8) is 0 Å². The standard InChI is InChI=1S/C18H29NO/c1-3-5-6-7-8-9-17(19-4-2)15-10-11-18-16(14-15)12-13-20-18/h10-11,14,17,19H,3-9,12-13H2,1-2H3. The van der Waals surface area contributed by atoms with Gasteiger partial charge in [-0.05, 0) is 30.2 Å². The third kappa shape index (κ3) is 4.24. The fraction of sp³-hybridized carbons (Fsp3) is 0.667. The quantitative estimate of drug-likeness (QED) is 0.663. The van der Waals surface area contributed by atoms with Crippen LogP contribution in [-0.4, -0.2) is 13.2 Å². The first-order valence-electron chi connectivity index (χ1n) is 8.34. The van der Waals surface area contributed by atoms with Gasteiger partial charge in [-0.15, -0.1) is 0 Å². The number of rotatable bonds is 9. The van der Waals surface area contributed by atoms with Crippen LogP contribution >= 0.6 is 0 Å². The highest BCUT2D eigenvalue weighted by molar-refractivity contribution is 5.40. The Kier molecular flexibility index (Phi) is 6.38. The molecule has 0 aromatic heterocycles. The summed E-state index contributed by atoms with van der Waals surface area (Å²) in [7, 11) is 0. The molecule has 1 unspecified atom stereocenters. The summed E-state index contributed by atoms with van der Waals surface area (Å²) in [5, 5.41) is 3.64. The Morgan fingerprint density at radius 2 is 2.00 bits per heavy atom. The van der Waals surface area contributed by atoms with Crippen molar-refractivity contribution in [2.24, 2.45) is 0 Å². The van der Waals surface area contributed by atoms with Crippen molar-refractivity contribution in [3.8, 4) is 5.75 Å². The van der Waals surface area contributed by atoms with Gasteiger partial charge in [0.25, 0.3) is 0 Å². The summed E-state index contributed by atoms with van der Waals surface area (Å²) in [4.78, 5) is 0. The molecule has 1 aliphatic rings. The van der Waals surface area contributed by atoms with E-state index in [1.807, 2.05) is 0 Å². The molecule has 1 aliphatic heterocycles. The van der Waals surface area contributed by atoms with Crippen molar-refractivity contribution in [3.05, 3.63) is 29.3 Å². The van der Waals surface area contributed by atoms with E-state index in [-0.39, 0.29) is 0 Å². The molecule has 0 fully saturated rings. The minimum absolute atomic E-state index is 0.507. The van der Waals surface area contributed by atoms with Crippen molar-refractivity contribution >= 4 is 0 Å². The molecule has 0 spiro atoms. The topological polar surface area (TPSA) is 21.3 Å². The normalized spacial score (nSPS) is 14.9. The lowest BCUT2D eigenvalue weighted by Gasteiger charge is -2.19. The Morgan fingerprint density at radius 1 is 1.15 bits per heavy atom. The van der Waals surface area contributed by atoms with Crippen LogP contribution in [-0.2, 0) is 6.42 Å². The van der Waals surface area contributed by atoms with E-state index >= 15 is 0 Å². The van der Waals surface area contributed by atoms with Crippen molar-refractivity contribution in [2.45, 2.75) is 64.8 Å². The number of benzene rings is 1. The average Bonchev–Trinajstić information content (AvgIpc) is 2.93. The van der Waals surface area contributed by atoms with E-state index in [0.717, 1.165) is 25.3 Å². The molecule has 2 heteroatoms. The number of unbranched alkanes of at least 4 members (excludes halogenated alkanes) is 4. The number of ether oxygens (including phenoxy) is 1. The summed E-state index contributed by atoms with van der Waals surface area (Å²) in [6.07, 6.45) is 9.08. The zero-order valence-electron chi connectivity index (χ0n) is 13.1. The lowest BCUT2D eigenvalue weighted by atomic mass is 9.97. The fourth-order valence-corrected chi connectivity index (χ4v) is 3.01. The molecule has 112 valence electrons. The highest BCUT2D eigenvalue weighted by Gasteiger charge is 2.16. The molecule has 1 aromatic carbocycles. The second-order valence-electron chi connectivity index (χ2n) is 5.78. The SMILES string of the molecule is CCCCCCCC(NCC)c1ccc2c(c1)CCO2. The molecule has 2 nitrogen and oxygen atoms in total. The van der Waals surface area contributed by atoms with Crippen LogP contribution in [0, 0.1) is 0 Å². The summed E-state index contributed by atoms with van der Waals surface area (Å²) < 4.78 is 5.60. The second kappa shape index (κ2) is 8.31. The number of fused-ring (bicyclic) bond motifs is 1. The predicted octanol–water partition coefficient (Wildman–Crippen LogP) is 4.63. The van der Waals surface area contributed by atoms with E-state index in [4.69, 9.17) is 4.74 Å². The predicted molar refractivity (Wildman–Crippen MR) is 85.4 cm³/mol. The molecule has 0 amide bonds. The first-order chi connectivity index (χ1) is 9.85. The summed E-state index contributed by atoms with van der Waals surface area (Å²) in [6.45, 7) is 6.35. The monoisotopic (exact) mass is 275 g/mol. The highest BCUT2D eigenvalue weighted by Crippen LogP contribution is 2.29. The van der Waals surface area contributed by atoms with E-state index in [1.54, 1.807) is 0 Å². The van der Waals surface area contributed by atoms with Crippen LogP contribution < -0.4 is 10.1 Å². The molecular weight excluding hydrogens is 246 g/mol. The maximum Gasteiger partial charge on any atom is 0.122 e. The van der Waals surface area contributed by atoms with E-state index in [1.165, 1.54) is 49.7 Å². The van der Waals surface area contributed by atoms with Crippen LogP contribution in [0.25, 0.3) is 0 Å². The first-order valence-corrected chi connectivity index (χ1v) is 8.34. The Hall–Kier alpha value is -1.02. The van der Waals surface area contributed by atoms with Crippen molar-refractivity contribution in [2.75, 3.05) is 13.2 Å². The molecule has 0 saturated carbocycles. The van der Waals surface area contributed by atoms with Gasteiger partial charge < -0.3 is 10.1 Å².